The molecule has 0 heterocycles. The van der Waals surface area contributed by atoms with Gasteiger partial charge in [-0.25, -0.2) is 0 Å². The number of carbonyl (C=O) groups is 1. The van der Waals surface area contributed by atoms with Crippen molar-refractivity contribution in [2.75, 3.05) is 25.4 Å². The Bertz CT molecular complexity index is 190. The van der Waals surface area contributed by atoms with Gasteiger partial charge in [0.25, 0.3) is 0 Å². The Labute approximate surface area is 89.5 Å². The second-order valence-corrected chi connectivity index (χ2v) is 4.64. The van der Waals surface area contributed by atoms with E-state index in [1.165, 1.54) is 7.11 Å². The van der Waals surface area contributed by atoms with E-state index in [-0.39, 0.29) is 11.4 Å². The molecule has 0 atom stereocenters. The number of ether oxygens (including phenoxy) is 2. The standard InChI is InChI=1S/C10H18O3S/c1-3-13-8-14-7-10(4-5-10)6-9(11)12-2/h3-8H2,1-2H3. The Kier molecular flexibility index (Phi) is 4.75. The molecule has 1 saturated carbocycles. The van der Waals surface area contributed by atoms with Gasteiger partial charge in [-0.1, -0.05) is 0 Å². The summed E-state index contributed by atoms with van der Waals surface area (Å²) < 4.78 is 9.91. The monoisotopic (exact) mass is 218 g/mol. The Balaban J connectivity index is 2.12. The van der Waals surface area contributed by atoms with Gasteiger partial charge < -0.3 is 9.47 Å². The Morgan fingerprint density at radius 1 is 1.50 bits per heavy atom. The molecule has 14 heavy (non-hydrogen) atoms. The molecule has 0 amide bonds. The lowest BCUT2D eigenvalue weighted by Gasteiger charge is -2.12. The van der Waals surface area contributed by atoms with Crippen molar-refractivity contribution in [2.24, 2.45) is 5.41 Å². The summed E-state index contributed by atoms with van der Waals surface area (Å²) in [4.78, 5) is 11.1. The molecule has 0 aromatic heterocycles. The van der Waals surface area contributed by atoms with Crippen molar-refractivity contribution in [3.63, 3.8) is 0 Å². The summed E-state index contributed by atoms with van der Waals surface area (Å²) in [5.74, 6) is 1.67. The fourth-order valence-electron chi connectivity index (χ4n) is 1.33. The number of carbonyl (C=O) groups excluding carboxylic acids is 1. The Morgan fingerprint density at radius 2 is 2.21 bits per heavy atom. The van der Waals surface area contributed by atoms with Gasteiger partial charge in [0.1, 0.15) is 0 Å². The lowest BCUT2D eigenvalue weighted by atomic mass is 10.1. The van der Waals surface area contributed by atoms with Gasteiger partial charge in [-0.2, -0.15) is 0 Å². The molecule has 0 aromatic carbocycles. The maximum Gasteiger partial charge on any atom is 0.306 e. The number of rotatable bonds is 7. The van der Waals surface area contributed by atoms with Crippen LogP contribution in [0.5, 0.6) is 0 Å². The van der Waals surface area contributed by atoms with Gasteiger partial charge in [0.15, 0.2) is 0 Å². The molecular weight excluding hydrogens is 200 g/mol. The van der Waals surface area contributed by atoms with Crippen LogP contribution in [0.2, 0.25) is 0 Å². The number of methoxy groups -OCH3 is 1. The highest BCUT2D eigenvalue weighted by Crippen LogP contribution is 2.51. The summed E-state index contributed by atoms with van der Waals surface area (Å²) in [6.45, 7) is 2.75. The average molecular weight is 218 g/mol. The number of esters is 1. The van der Waals surface area contributed by atoms with Gasteiger partial charge >= 0.3 is 5.97 Å². The fraction of sp³-hybridized carbons (Fsp3) is 0.900. The zero-order valence-corrected chi connectivity index (χ0v) is 9.69. The van der Waals surface area contributed by atoms with E-state index in [1.807, 2.05) is 6.92 Å². The van der Waals surface area contributed by atoms with Gasteiger partial charge in [0, 0.05) is 12.4 Å². The van der Waals surface area contributed by atoms with E-state index < -0.39 is 0 Å². The lowest BCUT2D eigenvalue weighted by Crippen LogP contribution is -2.13. The van der Waals surface area contributed by atoms with Crippen molar-refractivity contribution in [3.05, 3.63) is 0 Å². The second-order valence-electron chi connectivity index (χ2n) is 3.71. The van der Waals surface area contributed by atoms with Gasteiger partial charge in [0.05, 0.1) is 19.5 Å². The molecule has 0 aromatic rings. The topological polar surface area (TPSA) is 35.5 Å². The summed E-state index contributed by atoms with van der Waals surface area (Å²) in [6.07, 6.45) is 2.88. The molecule has 0 spiro atoms. The summed E-state index contributed by atoms with van der Waals surface area (Å²) in [5.41, 5.74) is 0.231. The van der Waals surface area contributed by atoms with Gasteiger partial charge in [0.2, 0.25) is 0 Å². The predicted octanol–water partition coefficient (Wildman–Crippen LogP) is 2.06. The highest BCUT2D eigenvalue weighted by Gasteiger charge is 2.44. The molecular formula is C10H18O3S. The van der Waals surface area contributed by atoms with Crippen molar-refractivity contribution in [1.82, 2.24) is 0 Å². The quantitative estimate of drug-likeness (QED) is 0.372. The first kappa shape index (κ1) is 11.9. The van der Waals surface area contributed by atoms with Gasteiger partial charge in [-0.3, -0.25) is 4.79 Å². The molecule has 1 aliphatic carbocycles. The molecule has 4 heteroatoms. The molecule has 82 valence electrons. The van der Waals surface area contributed by atoms with Crippen LogP contribution in [0.1, 0.15) is 26.2 Å². The van der Waals surface area contributed by atoms with E-state index in [9.17, 15) is 4.79 Å². The highest BCUT2D eigenvalue weighted by molar-refractivity contribution is 7.99. The Hall–Kier alpha value is -0.220. The van der Waals surface area contributed by atoms with Crippen LogP contribution in [-0.4, -0.2) is 31.4 Å². The van der Waals surface area contributed by atoms with Crippen LogP contribution in [-0.2, 0) is 14.3 Å². The van der Waals surface area contributed by atoms with E-state index in [2.05, 4.69) is 4.74 Å². The predicted molar refractivity (Wildman–Crippen MR) is 57.3 cm³/mol. The van der Waals surface area contributed by atoms with Crippen LogP contribution in [0, 0.1) is 5.41 Å². The lowest BCUT2D eigenvalue weighted by molar-refractivity contribution is -0.141. The third kappa shape index (κ3) is 3.88. The van der Waals surface area contributed by atoms with E-state index in [1.54, 1.807) is 11.8 Å². The third-order valence-electron chi connectivity index (χ3n) is 2.48. The normalized spacial score (nSPS) is 17.9. The first-order valence-electron chi connectivity index (χ1n) is 4.95. The zero-order chi connectivity index (χ0) is 10.4. The molecule has 1 rings (SSSR count). The maximum absolute atomic E-state index is 11.1. The minimum absolute atomic E-state index is 0.0838. The summed E-state index contributed by atoms with van der Waals surface area (Å²) in [6, 6.07) is 0. The van der Waals surface area contributed by atoms with Crippen LogP contribution in [0.4, 0.5) is 0 Å². The molecule has 3 nitrogen and oxygen atoms in total. The van der Waals surface area contributed by atoms with Crippen LogP contribution < -0.4 is 0 Å². The minimum atomic E-state index is -0.0838. The largest absolute Gasteiger partial charge is 0.469 e. The highest BCUT2D eigenvalue weighted by atomic mass is 32.2. The number of hydrogen-bond acceptors (Lipinski definition) is 4. The minimum Gasteiger partial charge on any atom is -0.469 e. The molecule has 1 fully saturated rings. The first-order chi connectivity index (χ1) is 6.72. The molecule has 0 saturated heterocycles. The van der Waals surface area contributed by atoms with Crippen molar-refractivity contribution < 1.29 is 14.3 Å². The summed E-state index contributed by atoms with van der Waals surface area (Å²) in [7, 11) is 1.45. The van der Waals surface area contributed by atoms with E-state index in [0.29, 0.717) is 6.42 Å². The Morgan fingerprint density at radius 3 is 2.71 bits per heavy atom. The average Bonchev–Trinajstić information content (AvgIpc) is 2.93. The van der Waals surface area contributed by atoms with Crippen LogP contribution in [0.25, 0.3) is 0 Å². The summed E-state index contributed by atoms with van der Waals surface area (Å²) in [5, 5.41) is 0. The molecule has 0 radical (unpaired) electrons. The van der Waals surface area contributed by atoms with Gasteiger partial charge in [-0.05, 0) is 25.2 Å². The van der Waals surface area contributed by atoms with E-state index in [4.69, 9.17) is 4.74 Å². The smallest absolute Gasteiger partial charge is 0.306 e. The number of thioether (sulfide) groups is 1. The maximum atomic E-state index is 11.1. The molecule has 0 unspecified atom stereocenters. The third-order valence-corrected chi connectivity index (χ3v) is 3.63. The van der Waals surface area contributed by atoms with Crippen molar-refractivity contribution in [2.45, 2.75) is 26.2 Å². The van der Waals surface area contributed by atoms with Crippen LogP contribution >= 0.6 is 11.8 Å². The SMILES string of the molecule is CCOCSCC1(CC(=O)OC)CC1. The van der Waals surface area contributed by atoms with Crippen LogP contribution in [0.3, 0.4) is 0 Å². The summed E-state index contributed by atoms with van der Waals surface area (Å²) >= 11 is 1.77. The van der Waals surface area contributed by atoms with Crippen LogP contribution in [0.15, 0.2) is 0 Å². The van der Waals surface area contributed by atoms with E-state index >= 15 is 0 Å². The molecule has 0 bridgehead atoms. The molecule has 0 aliphatic heterocycles. The van der Waals surface area contributed by atoms with E-state index in [0.717, 1.165) is 31.1 Å². The fourth-order valence-corrected chi connectivity index (χ4v) is 2.52. The molecule has 1 aliphatic rings. The van der Waals surface area contributed by atoms with Crippen molar-refractivity contribution in [3.8, 4) is 0 Å². The van der Waals surface area contributed by atoms with Crippen molar-refractivity contribution in [1.29, 1.82) is 0 Å². The van der Waals surface area contributed by atoms with Crippen molar-refractivity contribution >= 4 is 17.7 Å². The second kappa shape index (κ2) is 5.61. The zero-order valence-electron chi connectivity index (χ0n) is 8.88. The number of hydrogen-bond donors (Lipinski definition) is 0. The first-order valence-corrected chi connectivity index (χ1v) is 6.10. The molecule has 0 N–H and O–H groups in total. The van der Waals surface area contributed by atoms with Gasteiger partial charge in [-0.15, -0.1) is 11.8 Å².